The maximum absolute atomic E-state index is 9.75. The van der Waals surface area contributed by atoms with Crippen molar-refractivity contribution in [2.45, 2.75) is 71.3 Å². The minimum absolute atomic E-state index is 0.401. The number of hydrogen-bond acceptors (Lipinski definition) is 1. The van der Waals surface area contributed by atoms with E-state index in [9.17, 15) is 17.3 Å². The van der Waals surface area contributed by atoms with E-state index in [4.69, 9.17) is 5.39 Å². The molecule has 1 aromatic rings. The Bertz CT molecular complexity index is 449. The van der Waals surface area contributed by atoms with Gasteiger partial charge in [0.05, 0.1) is 0 Å². The van der Waals surface area contributed by atoms with Crippen LogP contribution in [0.2, 0.25) is 0 Å². The highest BCUT2D eigenvalue weighted by molar-refractivity contribution is 6.50. The molecule has 0 radical (unpaired) electrons. The van der Waals surface area contributed by atoms with E-state index in [1.165, 1.54) is 63.4 Å². The monoisotopic (exact) mass is 346 g/mol. The van der Waals surface area contributed by atoms with Crippen LogP contribution in [0.5, 0.6) is 0 Å². The first kappa shape index (κ1) is 22.4. The molecule has 0 N–H and O–H groups in total. The number of aryl methyl sites for hydroxylation is 1. The number of diazo groups is 1. The average molecular weight is 346 g/mol. The number of halogens is 4. The summed E-state index contributed by atoms with van der Waals surface area (Å²) < 4.78 is 39.0. The lowest BCUT2D eigenvalue weighted by molar-refractivity contribution is 0.368. The molecule has 0 unspecified atom stereocenters. The average Bonchev–Trinajstić information content (AvgIpc) is 2.50. The molecule has 0 saturated heterocycles. The Labute approximate surface area is 142 Å². The maximum atomic E-state index is 9.75. The van der Waals surface area contributed by atoms with Crippen LogP contribution in [0.1, 0.15) is 69.4 Å². The van der Waals surface area contributed by atoms with Crippen molar-refractivity contribution in [2.24, 2.45) is 0 Å². The zero-order valence-electron chi connectivity index (χ0n) is 14.4. The third kappa shape index (κ3) is 16.8. The first-order valence-corrected chi connectivity index (χ1v) is 8.62. The minimum Gasteiger partial charge on any atom is -0.418 e. The number of unbranched alkanes of at least 4 members (excludes halogenated alkanes) is 7. The summed E-state index contributed by atoms with van der Waals surface area (Å²) in [4.78, 5) is 3.15. The van der Waals surface area contributed by atoms with Crippen LogP contribution < -0.4 is 0 Å². The Hall–Kier alpha value is -1.58. The molecule has 0 aliphatic carbocycles. The van der Waals surface area contributed by atoms with E-state index in [0.29, 0.717) is 6.54 Å². The van der Waals surface area contributed by atoms with E-state index in [0.717, 1.165) is 5.56 Å². The van der Waals surface area contributed by atoms with Crippen molar-refractivity contribution < 1.29 is 17.3 Å². The Balaban J connectivity index is 0.000000922. The van der Waals surface area contributed by atoms with Crippen LogP contribution in [-0.2, 0) is 13.0 Å². The fraction of sp³-hybridized carbons (Fsp3) is 0.647. The van der Waals surface area contributed by atoms with Crippen LogP contribution >= 0.6 is 0 Å². The van der Waals surface area contributed by atoms with Crippen LogP contribution in [0, 0.1) is 5.39 Å². The number of rotatable bonds is 10. The number of benzene rings is 1. The molecule has 7 heteroatoms. The molecule has 0 saturated carbocycles. The van der Waals surface area contributed by atoms with Gasteiger partial charge in [-0.1, -0.05) is 76.1 Å². The van der Waals surface area contributed by atoms with Gasteiger partial charge in [0.2, 0.25) is 5.39 Å². The van der Waals surface area contributed by atoms with E-state index in [-0.39, 0.29) is 0 Å². The maximum Gasteiger partial charge on any atom is 0.673 e. The Morgan fingerprint density at radius 2 is 1.21 bits per heavy atom. The predicted molar refractivity (Wildman–Crippen MR) is 91.7 cm³/mol. The summed E-state index contributed by atoms with van der Waals surface area (Å²) in [6.45, 7) is 2.66. The molecular formula is C17H27BF4N2. The zero-order chi connectivity index (χ0) is 18.3. The summed E-state index contributed by atoms with van der Waals surface area (Å²) in [6.07, 6.45) is 12.1. The van der Waals surface area contributed by atoms with Gasteiger partial charge in [0.1, 0.15) is 4.98 Å². The molecule has 1 aromatic carbocycles. The van der Waals surface area contributed by atoms with E-state index in [1.807, 2.05) is 0 Å². The fourth-order valence-electron chi connectivity index (χ4n) is 2.36. The summed E-state index contributed by atoms with van der Waals surface area (Å²) in [5.41, 5.74) is 2.47. The van der Waals surface area contributed by atoms with Crippen molar-refractivity contribution in [1.29, 1.82) is 5.39 Å². The zero-order valence-corrected chi connectivity index (χ0v) is 14.4. The Morgan fingerprint density at radius 1 is 0.792 bits per heavy atom. The molecule has 2 nitrogen and oxygen atoms in total. The molecule has 0 atom stereocenters. The summed E-state index contributed by atoms with van der Waals surface area (Å²) in [7, 11) is -6.00. The van der Waals surface area contributed by atoms with Gasteiger partial charge in [-0.3, -0.25) is 0 Å². The lowest BCUT2D eigenvalue weighted by atomic mass is 10.0. The van der Waals surface area contributed by atoms with E-state index >= 15 is 0 Å². The van der Waals surface area contributed by atoms with Gasteiger partial charge in [0, 0.05) is 5.56 Å². The molecule has 0 bridgehead atoms. The van der Waals surface area contributed by atoms with Crippen molar-refractivity contribution >= 4 is 7.25 Å². The third-order valence-corrected chi connectivity index (χ3v) is 3.60. The van der Waals surface area contributed by atoms with Gasteiger partial charge in [-0.25, -0.2) is 0 Å². The molecule has 0 fully saturated rings. The second kappa shape index (κ2) is 13.8. The van der Waals surface area contributed by atoms with Gasteiger partial charge >= 0.3 is 13.8 Å². The quantitative estimate of drug-likeness (QED) is 0.194. The number of nitrogens with zero attached hydrogens (tertiary/aromatic N) is 2. The Kier molecular flexibility index (Phi) is 12.9. The van der Waals surface area contributed by atoms with Crippen molar-refractivity contribution in [3.05, 3.63) is 40.4 Å². The minimum atomic E-state index is -6.00. The molecule has 0 aromatic heterocycles. The topological polar surface area (TPSA) is 28.1 Å². The predicted octanol–water partition coefficient (Wildman–Crippen LogP) is 7.02. The first-order valence-electron chi connectivity index (χ1n) is 8.62. The van der Waals surface area contributed by atoms with Gasteiger partial charge < -0.3 is 17.3 Å². The van der Waals surface area contributed by atoms with Gasteiger partial charge in [0.25, 0.3) is 0 Å². The summed E-state index contributed by atoms with van der Waals surface area (Å²) in [5.74, 6) is 0. The normalized spacial score (nSPS) is 10.7. The highest BCUT2D eigenvalue weighted by Gasteiger charge is 2.20. The molecule has 0 spiro atoms. The lowest BCUT2D eigenvalue weighted by Gasteiger charge is -2.02. The van der Waals surface area contributed by atoms with Crippen molar-refractivity contribution in [3.8, 4) is 0 Å². The van der Waals surface area contributed by atoms with Crippen LogP contribution in [0.15, 0.2) is 24.3 Å². The molecule has 24 heavy (non-hydrogen) atoms. The SMILES string of the molecule is CCCCCCCCCCc1ccc(C[N+]#N)cc1.F[B-](F)(F)F. The smallest absolute Gasteiger partial charge is 0.418 e. The molecule has 0 heterocycles. The van der Waals surface area contributed by atoms with Gasteiger partial charge in [0.15, 0.2) is 0 Å². The van der Waals surface area contributed by atoms with Crippen LogP contribution in [0.4, 0.5) is 17.3 Å². The van der Waals surface area contributed by atoms with E-state index in [1.54, 1.807) is 0 Å². The molecule has 0 aliphatic rings. The van der Waals surface area contributed by atoms with Crippen LogP contribution in [0.25, 0.3) is 4.98 Å². The van der Waals surface area contributed by atoms with E-state index in [2.05, 4.69) is 36.2 Å². The van der Waals surface area contributed by atoms with E-state index < -0.39 is 7.25 Å². The highest BCUT2D eigenvalue weighted by Crippen LogP contribution is 2.12. The second-order valence-electron chi connectivity index (χ2n) is 5.84. The molecule has 0 amide bonds. The number of hydrogen-bond donors (Lipinski definition) is 0. The highest BCUT2D eigenvalue weighted by atomic mass is 19.5. The van der Waals surface area contributed by atoms with Crippen molar-refractivity contribution in [1.82, 2.24) is 0 Å². The summed E-state index contributed by atoms with van der Waals surface area (Å²) in [6, 6.07) is 8.42. The molecular weight excluding hydrogens is 319 g/mol. The van der Waals surface area contributed by atoms with Gasteiger partial charge in [-0.05, 0) is 18.4 Å². The summed E-state index contributed by atoms with van der Waals surface area (Å²) >= 11 is 0. The van der Waals surface area contributed by atoms with Crippen molar-refractivity contribution in [2.75, 3.05) is 0 Å². The lowest BCUT2D eigenvalue weighted by Crippen LogP contribution is -2.02. The van der Waals surface area contributed by atoms with Crippen molar-refractivity contribution in [3.63, 3.8) is 0 Å². The van der Waals surface area contributed by atoms with Gasteiger partial charge in [-0.2, -0.15) is 0 Å². The molecule has 1 rings (SSSR count). The largest absolute Gasteiger partial charge is 0.673 e. The fourth-order valence-corrected chi connectivity index (χ4v) is 2.36. The van der Waals surface area contributed by atoms with Crippen LogP contribution in [-0.4, -0.2) is 7.25 Å². The summed E-state index contributed by atoms with van der Waals surface area (Å²) in [5, 5.41) is 8.49. The molecule has 136 valence electrons. The van der Waals surface area contributed by atoms with Gasteiger partial charge in [-0.15, -0.1) is 0 Å². The Morgan fingerprint density at radius 3 is 1.67 bits per heavy atom. The third-order valence-electron chi connectivity index (χ3n) is 3.60. The van der Waals surface area contributed by atoms with Crippen LogP contribution in [0.3, 0.4) is 0 Å². The standard InChI is InChI=1S/C17H27N2.BF4/c1-2-3-4-5-6-7-8-9-10-16-11-13-17(14-12-16)15-19-18;2-1(3,4)5/h11-14H,2-10,15H2,1H3;/q+1;-1. The molecule has 0 aliphatic heterocycles. The second-order valence-corrected chi connectivity index (χ2v) is 5.84. The first-order chi connectivity index (χ1) is 11.4.